The largest absolute Gasteiger partial charge is 0.434 e. The topological polar surface area (TPSA) is 82.5 Å². The third kappa shape index (κ3) is 5.11. The normalized spacial score (nSPS) is 22.6. The molecule has 1 aliphatic carbocycles. The Labute approximate surface area is 196 Å². The monoisotopic (exact) mass is 472 g/mol. The standard InChI is InChI=1S/C24H27F3N6O/c1-15-9-17(22(32-12-15)18-5-3-4-6-29-18)23(34)33-14-16-10-19(20(33)11-16)30-7-8-31-21(13-28-2)24(25,26)27/h3-6,8-9,12-13,16,19-20,28,30H,7,10-11,14H2,1-2H3/b21-13-,31-8?. The number of aromatic nitrogens is 2. The lowest BCUT2D eigenvalue weighted by Gasteiger charge is -2.34. The number of halogens is 3. The molecule has 2 aromatic rings. The first-order valence-electron chi connectivity index (χ1n) is 11.2. The van der Waals surface area contributed by atoms with Gasteiger partial charge in [0.2, 0.25) is 0 Å². The van der Waals surface area contributed by atoms with Gasteiger partial charge in [-0.25, -0.2) is 0 Å². The number of carbonyl (C=O) groups excluding carboxylic acids is 1. The van der Waals surface area contributed by atoms with E-state index in [4.69, 9.17) is 0 Å². The third-order valence-electron chi connectivity index (χ3n) is 6.18. The highest BCUT2D eigenvalue weighted by molar-refractivity contribution is 6.00. The quantitative estimate of drug-likeness (QED) is 0.604. The molecule has 4 rings (SSSR count). The van der Waals surface area contributed by atoms with E-state index in [9.17, 15) is 18.0 Å². The van der Waals surface area contributed by atoms with Crippen LogP contribution in [0.2, 0.25) is 0 Å². The van der Waals surface area contributed by atoms with Crippen LogP contribution < -0.4 is 10.6 Å². The Bertz CT molecular complexity index is 1090. The predicted octanol–water partition coefficient (Wildman–Crippen LogP) is 3.34. The SMILES string of the molecule is CN/C=C(\N=CCNC1CC2CC1N(C(=O)c1cc(C)cnc1-c1ccccn1)C2)C(F)(F)F. The number of likely N-dealkylation sites (tertiary alicyclic amines) is 1. The molecule has 1 saturated carbocycles. The highest BCUT2D eigenvalue weighted by atomic mass is 19.4. The van der Waals surface area contributed by atoms with Gasteiger partial charge in [0.1, 0.15) is 5.69 Å². The van der Waals surface area contributed by atoms with E-state index in [0.29, 0.717) is 29.4 Å². The van der Waals surface area contributed by atoms with Gasteiger partial charge >= 0.3 is 6.18 Å². The molecule has 2 N–H and O–H groups in total. The Morgan fingerprint density at radius 1 is 1.29 bits per heavy atom. The lowest BCUT2D eigenvalue weighted by Crippen LogP contribution is -2.50. The van der Waals surface area contributed by atoms with Crippen LogP contribution in [0.15, 0.2) is 53.5 Å². The summed E-state index contributed by atoms with van der Waals surface area (Å²) in [5.74, 6) is 0.259. The molecule has 3 unspecified atom stereocenters. The molecule has 1 amide bonds. The van der Waals surface area contributed by atoms with E-state index in [0.717, 1.165) is 24.6 Å². The van der Waals surface area contributed by atoms with E-state index in [2.05, 4.69) is 25.6 Å². The molecule has 0 radical (unpaired) electrons. The van der Waals surface area contributed by atoms with Crippen molar-refractivity contribution in [1.82, 2.24) is 25.5 Å². The second kappa shape index (κ2) is 9.92. The Kier molecular flexibility index (Phi) is 6.97. The number of aryl methyl sites for hydroxylation is 1. The van der Waals surface area contributed by atoms with Crippen LogP contribution in [0.5, 0.6) is 0 Å². The molecule has 0 spiro atoms. The molecule has 2 aliphatic rings. The molecule has 3 heterocycles. The zero-order chi connectivity index (χ0) is 24.3. The number of alkyl halides is 3. The van der Waals surface area contributed by atoms with Crippen molar-refractivity contribution in [3.63, 3.8) is 0 Å². The summed E-state index contributed by atoms with van der Waals surface area (Å²) in [5.41, 5.74) is 1.59. The van der Waals surface area contributed by atoms with E-state index in [1.807, 2.05) is 36.1 Å². The van der Waals surface area contributed by atoms with Crippen LogP contribution in [-0.2, 0) is 0 Å². The summed E-state index contributed by atoms with van der Waals surface area (Å²) in [6, 6.07) is 7.29. The van der Waals surface area contributed by atoms with E-state index < -0.39 is 11.9 Å². The van der Waals surface area contributed by atoms with Crippen molar-refractivity contribution >= 4 is 12.1 Å². The fraction of sp³-hybridized carbons (Fsp3) is 0.417. The van der Waals surface area contributed by atoms with Crippen molar-refractivity contribution in [1.29, 1.82) is 0 Å². The van der Waals surface area contributed by atoms with E-state index in [-0.39, 0.29) is 24.5 Å². The first-order chi connectivity index (χ1) is 16.3. The molecule has 0 aromatic carbocycles. The zero-order valence-corrected chi connectivity index (χ0v) is 19.0. The number of pyridine rings is 2. The van der Waals surface area contributed by atoms with Gasteiger partial charge in [-0.1, -0.05) is 6.07 Å². The number of hydrogen-bond donors (Lipinski definition) is 2. The maximum atomic E-state index is 13.6. The average molecular weight is 473 g/mol. The molecule has 7 nitrogen and oxygen atoms in total. The number of amides is 1. The van der Waals surface area contributed by atoms with Crippen molar-refractivity contribution in [2.75, 3.05) is 20.1 Å². The minimum Gasteiger partial charge on any atom is -0.392 e. The minimum atomic E-state index is -4.53. The van der Waals surface area contributed by atoms with Gasteiger partial charge in [-0.3, -0.25) is 19.8 Å². The second-order valence-electron chi connectivity index (χ2n) is 8.63. The molecule has 10 heteroatoms. The van der Waals surface area contributed by atoms with Gasteiger partial charge < -0.3 is 15.5 Å². The summed E-state index contributed by atoms with van der Waals surface area (Å²) in [7, 11) is 1.39. The second-order valence-corrected chi connectivity index (χ2v) is 8.63. The van der Waals surface area contributed by atoms with Crippen LogP contribution in [-0.4, -0.2) is 65.4 Å². The first-order valence-corrected chi connectivity index (χ1v) is 11.2. The van der Waals surface area contributed by atoms with Crippen molar-refractivity contribution in [3.05, 3.63) is 59.7 Å². The molecular formula is C24H27F3N6O. The summed E-state index contributed by atoms with van der Waals surface area (Å²) >= 11 is 0. The van der Waals surface area contributed by atoms with E-state index in [1.54, 1.807) is 12.4 Å². The van der Waals surface area contributed by atoms with Crippen LogP contribution in [0.25, 0.3) is 11.4 Å². The van der Waals surface area contributed by atoms with Gasteiger partial charge in [-0.05, 0) is 49.4 Å². The Balaban J connectivity index is 1.46. The zero-order valence-electron chi connectivity index (χ0n) is 19.0. The van der Waals surface area contributed by atoms with Gasteiger partial charge in [-0.15, -0.1) is 0 Å². The van der Waals surface area contributed by atoms with Gasteiger partial charge in [-0.2, -0.15) is 13.2 Å². The van der Waals surface area contributed by atoms with Gasteiger partial charge in [0.25, 0.3) is 5.91 Å². The summed E-state index contributed by atoms with van der Waals surface area (Å²) < 4.78 is 38.8. The van der Waals surface area contributed by atoms with Crippen LogP contribution >= 0.6 is 0 Å². The van der Waals surface area contributed by atoms with Crippen LogP contribution in [0.1, 0.15) is 28.8 Å². The first kappa shape index (κ1) is 23.9. The lowest BCUT2D eigenvalue weighted by atomic mass is 10.0. The minimum absolute atomic E-state index is 0.00663. The highest BCUT2D eigenvalue weighted by Crippen LogP contribution is 2.39. The maximum absolute atomic E-state index is 13.6. The van der Waals surface area contributed by atoms with E-state index in [1.165, 1.54) is 13.3 Å². The van der Waals surface area contributed by atoms with E-state index >= 15 is 0 Å². The molecule has 1 aliphatic heterocycles. The number of allylic oxidation sites excluding steroid dienone is 1. The number of carbonyl (C=O) groups is 1. The number of hydrogen-bond acceptors (Lipinski definition) is 6. The highest BCUT2D eigenvalue weighted by Gasteiger charge is 2.47. The molecule has 2 aromatic heterocycles. The smallest absolute Gasteiger partial charge is 0.392 e. The number of fused-ring (bicyclic) bond motifs is 2. The van der Waals surface area contributed by atoms with Crippen molar-refractivity contribution in [3.8, 4) is 11.4 Å². The van der Waals surface area contributed by atoms with Gasteiger partial charge in [0.05, 0.1) is 11.3 Å². The average Bonchev–Trinajstić information content (AvgIpc) is 3.41. The summed E-state index contributed by atoms with van der Waals surface area (Å²) in [4.78, 5) is 27.9. The molecule has 34 heavy (non-hydrogen) atoms. The summed E-state index contributed by atoms with van der Waals surface area (Å²) in [5, 5.41) is 5.63. The van der Waals surface area contributed by atoms with Crippen molar-refractivity contribution < 1.29 is 18.0 Å². The summed E-state index contributed by atoms with van der Waals surface area (Å²) in [6.07, 6.45) is 2.65. The molecule has 180 valence electrons. The lowest BCUT2D eigenvalue weighted by molar-refractivity contribution is -0.0926. The van der Waals surface area contributed by atoms with Crippen LogP contribution in [0.4, 0.5) is 13.2 Å². The number of rotatable bonds is 7. The predicted molar refractivity (Wildman–Crippen MR) is 123 cm³/mol. The van der Waals surface area contributed by atoms with Gasteiger partial charge in [0.15, 0.2) is 5.70 Å². The number of aliphatic imine (C=N–C) groups is 1. The Morgan fingerprint density at radius 3 is 2.79 bits per heavy atom. The van der Waals surface area contributed by atoms with Crippen LogP contribution in [0, 0.1) is 12.8 Å². The molecule has 2 fully saturated rings. The molecule has 2 bridgehead atoms. The Morgan fingerprint density at radius 2 is 2.12 bits per heavy atom. The maximum Gasteiger partial charge on any atom is 0.434 e. The molecule has 3 atom stereocenters. The van der Waals surface area contributed by atoms with Crippen molar-refractivity contribution in [2.24, 2.45) is 10.9 Å². The van der Waals surface area contributed by atoms with Crippen molar-refractivity contribution in [2.45, 2.75) is 38.0 Å². The Hall–Kier alpha value is -3.27. The number of nitrogens with one attached hydrogen (secondary N) is 2. The van der Waals surface area contributed by atoms with Gasteiger partial charge in [0, 0.05) is 57.0 Å². The third-order valence-corrected chi connectivity index (χ3v) is 6.18. The fourth-order valence-corrected chi connectivity index (χ4v) is 4.75. The number of piperidine rings is 1. The molecule has 1 saturated heterocycles. The summed E-state index contributed by atoms with van der Waals surface area (Å²) in [6.45, 7) is 2.73. The number of nitrogens with zero attached hydrogens (tertiary/aromatic N) is 4. The molecular weight excluding hydrogens is 445 g/mol. The van der Waals surface area contributed by atoms with Crippen LogP contribution in [0.3, 0.4) is 0 Å². The fourth-order valence-electron chi connectivity index (χ4n) is 4.75.